The molecule has 0 aliphatic rings. The fourth-order valence-electron chi connectivity index (χ4n) is 2.40. The van der Waals surface area contributed by atoms with E-state index < -0.39 is 11.9 Å². The summed E-state index contributed by atoms with van der Waals surface area (Å²) in [5, 5.41) is 6.45. The van der Waals surface area contributed by atoms with Crippen molar-refractivity contribution in [1.29, 1.82) is 0 Å². The van der Waals surface area contributed by atoms with Crippen LogP contribution in [-0.2, 0) is 4.74 Å². The van der Waals surface area contributed by atoms with Crippen LogP contribution in [-0.4, -0.2) is 24.0 Å². The number of hydrogen-bond acceptors (Lipinski definition) is 5. The van der Waals surface area contributed by atoms with Crippen LogP contribution in [0.3, 0.4) is 0 Å². The third kappa shape index (κ3) is 4.62. The van der Waals surface area contributed by atoms with Crippen molar-refractivity contribution in [2.45, 2.75) is 0 Å². The number of halogens is 1. The van der Waals surface area contributed by atoms with Crippen molar-refractivity contribution in [3.8, 4) is 0 Å². The Morgan fingerprint density at radius 3 is 2.52 bits per heavy atom. The maximum Gasteiger partial charge on any atom is 0.339 e. The maximum absolute atomic E-state index is 12.4. The van der Waals surface area contributed by atoms with Crippen LogP contribution in [0.2, 0.25) is 5.02 Å². The predicted octanol–water partition coefficient (Wildman–Crippen LogP) is 4.52. The van der Waals surface area contributed by atoms with Gasteiger partial charge in [0.25, 0.3) is 5.91 Å². The van der Waals surface area contributed by atoms with E-state index in [0.29, 0.717) is 16.4 Å². The number of amides is 1. The number of esters is 1. The first-order valence-corrected chi connectivity index (χ1v) is 8.42. The summed E-state index contributed by atoms with van der Waals surface area (Å²) in [6.45, 7) is 0. The van der Waals surface area contributed by atoms with Gasteiger partial charge >= 0.3 is 5.97 Å². The summed E-state index contributed by atoms with van der Waals surface area (Å²) in [7, 11) is 1.29. The molecule has 3 rings (SSSR count). The van der Waals surface area contributed by atoms with E-state index in [1.54, 1.807) is 54.7 Å². The Hall–Kier alpha value is -3.38. The Kier molecular flexibility index (Phi) is 5.68. The number of aromatic nitrogens is 1. The van der Waals surface area contributed by atoms with E-state index in [1.807, 2.05) is 12.1 Å². The number of ether oxygens (including phenoxy) is 1. The first kappa shape index (κ1) is 18.4. The van der Waals surface area contributed by atoms with Gasteiger partial charge in [-0.25, -0.2) is 9.78 Å². The van der Waals surface area contributed by atoms with Gasteiger partial charge in [0.15, 0.2) is 0 Å². The van der Waals surface area contributed by atoms with Crippen LogP contribution in [0.15, 0.2) is 66.9 Å². The minimum absolute atomic E-state index is 0.214. The molecular formula is C20H16ClN3O3. The second-order valence-corrected chi connectivity index (χ2v) is 6.00. The Bertz CT molecular complexity index is 974. The summed E-state index contributed by atoms with van der Waals surface area (Å²) in [6.07, 6.45) is 1.54. The standard InChI is InChI=1S/C20H16ClN3O3/c1-27-20(26)16-7-2-3-8-17(16)24-19(25)18-10-9-15(12-22-18)23-14-6-4-5-13(21)11-14/h2-12,23H,1H3,(H,24,25). The Labute approximate surface area is 161 Å². The Morgan fingerprint density at radius 1 is 1.00 bits per heavy atom. The number of nitrogens with one attached hydrogen (secondary N) is 2. The van der Waals surface area contributed by atoms with Gasteiger partial charge in [0.1, 0.15) is 5.69 Å². The number of carbonyl (C=O) groups is 2. The third-order valence-corrected chi connectivity index (χ3v) is 3.93. The van der Waals surface area contributed by atoms with Crippen molar-refractivity contribution in [1.82, 2.24) is 4.98 Å². The van der Waals surface area contributed by atoms with Crippen molar-refractivity contribution in [2.24, 2.45) is 0 Å². The lowest BCUT2D eigenvalue weighted by atomic mass is 10.1. The molecule has 0 bridgehead atoms. The molecule has 27 heavy (non-hydrogen) atoms. The van der Waals surface area contributed by atoms with Gasteiger partial charge in [0, 0.05) is 10.7 Å². The minimum Gasteiger partial charge on any atom is -0.465 e. The molecule has 3 aromatic rings. The summed E-state index contributed by atoms with van der Waals surface area (Å²) in [5.74, 6) is -0.958. The monoisotopic (exact) mass is 381 g/mol. The van der Waals surface area contributed by atoms with Crippen molar-refractivity contribution in [3.05, 3.63) is 83.1 Å². The number of methoxy groups -OCH3 is 1. The largest absolute Gasteiger partial charge is 0.465 e. The van der Waals surface area contributed by atoms with Gasteiger partial charge in [-0.3, -0.25) is 4.79 Å². The average Bonchev–Trinajstić information content (AvgIpc) is 2.68. The highest BCUT2D eigenvalue weighted by Crippen LogP contribution is 2.20. The number of hydrogen-bond donors (Lipinski definition) is 2. The lowest BCUT2D eigenvalue weighted by Gasteiger charge is -2.10. The second kappa shape index (κ2) is 8.33. The van der Waals surface area contributed by atoms with E-state index in [1.165, 1.54) is 7.11 Å². The number of nitrogens with zero attached hydrogens (tertiary/aromatic N) is 1. The first-order valence-electron chi connectivity index (χ1n) is 8.04. The molecule has 1 amide bonds. The number of pyridine rings is 1. The highest BCUT2D eigenvalue weighted by Gasteiger charge is 2.15. The van der Waals surface area contributed by atoms with E-state index in [0.717, 1.165) is 5.69 Å². The minimum atomic E-state index is -0.528. The topological polar surface area (TPSA) is 80.3 Å². The van der Waals surface area contributed by atoms with Gasteiger partial charge < -0.3 is 15.4 Å². The van der Waals surface area contributed by atoms with Crippen LogP contribution in [0, 0.1) is 0 Å². The molecule has 1 aromatic heterocycles. The predicted molar refractivity (Wildman–Crippen MR) is 105 cm³/mol. The van der Waals surface area contributed by atoms with Gasteiger partial charge in [0.05, 0.1) is 30.2 Å². The van der Waals surface area contributed by atoms with Gasteiger partial charge in [0.2, 0.25) is 0 Å². The fourth-order valence-corrected chi connectivity index (χ4v) is 2.59. The maximum atomic E-state index is 12.4. The zero-order valence-electron chi connectivity index (χ0n) is 14.4. The van der Waals surface area contributed by atoms with Crippen LogP contribution < -0.4 is 10.6 Å². The summed E-state index contributed by atoms with van der Waals surface area (Å²) >= 11 is 5.96. The van der Waals surface area contributed by atoms with Crippen molar-refractivity contribution >= 4 is 40.5 Å². The molecule has 0 spiro atoms. The fraction of sp³-hybridized carbons (Fsp3) is 0.0500. The highest BCUT2D eigenvalue weighted by atomic mass is 35.5. The molecule has 2 N–H and O–H groups in total. The molecule has 0 atom stereocenters. The molecular weight excluding hydrogens is 366 g/mol. The molecule has 2 aromatic carbocycles. The molecule has 0 aliphatic carbocycles. The van der Waals surface area contributed by atoms with Crippen LogP contribution >= 0.6 is 11.6 Å². The lowest BCUT2D eigenvalue weighted by molar-refractivity contribution is 0.0602. The quantitative estimate of drug-likeness (QED) is 0.635. The molecule has 6 nitrogen and oxygen atoms in total. The van der Waals surface area contributed by atoms with Crippen LogP contribution in [0.4, 0.5) is 17.1 Å². The van der Waals surface area contributed by atoms with Gasteiger partial charge in [-0.15, -0.1) is 0 Å². The van der Waals surface area contributed by atoms with Crippen LogP contribution in [0.5, 0.6) is 0 Å². The van der Waals surface area contributed by atoms with E-state index in [2.05, 4.69) is 15.6 Å². The normalized spacial score (nSPS) is 10.1. The van der Waals surface area contributed by atoms with E-state index in [-0.39, 0.29) is 11.3 Å². The molecule has 136 valence electrons. The lowest BCUT2D eigenvalue weighted by Crippen LogP contribution is -2.16. The smallest absolute Gasteiger partial charge is 0.339 e. The SMILES string of the molecule is COC(=O)c1ccccc1NC(=O)c1ccc(Nc2cccc(Cl)c2)cn1. The number of para-hydroxylation sites is 1. The number of anilines is 3. The molecule has 0 saturated carbocycles. The molecule has 0 aliphatic heterocycles. The van der Waals surface area contributed by atoms with Crippen LogP contribution in [0.1, 0.15) is 20.8 Å². The average molecular weight is 382 g/mol. The number of benzene rings is 2. The first-order chi connectivity index (χ1) is 13.1. The number of rotatable bonds is 5. The summed E-state index contributed by atoms with van der Waals surface area (Å²) in [6, 6.07) is 17.2. The van der Waals surface area contributed by atoms with Crippen molar-refractivity contribution in [3.63, 3.8) is 0 Å². The van der Waals surface area contributed by atoms with Crippen molar-refractivity contribution in [2.75, 3.05) is 17.7 Å². The third-order valence-electron chi connectivity index (χ3n) is 3.69. The molecule has 0 saturated heterocycles. The van der Waals surface area contributed by atoms with Gasteiger partial charge in [-0.2, -0.15) is 0 Å². The zero-order chi connectivity index (χ0) is 19.2. The summed E-state index contributed by atoms with van der Waals surface area (Å²) in [5.41, 5.74) is 2.37. The zero-order valence-corrected chi connectivity index (χ0v) is 15.2. The molecule has 1 heterocycles. The summed E-state index contributed by atoms with van der Waals surface area (Å²) in [4.78, 5) is 28.4. The van der Waals surface area contributed by atoms with Crippen LogP contribution in [0.25, 0.3) is 0 Å². The van der Waals surface area contributed by atoms with Gasteiger partial charge in [-0.1, -0.05) is 29.8 Å². The highest BCUT2D eigenvalue weighted by molar-refractivity contribution is 6.30. The Morgan fingerprint density at radius 2 is 1.81 bits per heavy atom. The van der Waals surface area contributed by atoms with Crippen molar-refractivity contribution < 1.29 is 14.3 Å². The molecule has 0 fully saturated rings. The number of carbonyl (C=O) groups excluding carboxylic acids is 2. The van der Waals surface area contributed by atoms with Gasteiger partial charge in [-0.05, 0) is 42.5 Å². The molecule has 0 unspecified atom stereocenters. The summed E-state index contributed by atoms with van der Waals surface area (Å²) < 4.78 is 4.72. The Balaban J connectivity index is 1.72. The van der Waals surface area contributed by atoms with E-state index in [4.69, 9.17) is 16.3 Å². The second-order valence-electron chi connectivity index (χ2n) is 5.56. The molecule has 0 radical (unpaired) electrons. The van der Waals surface area contributed by atoms with E-state index in [9.17, 15) is 9.59 Å². The van der Waals surface area contributed by atoms with E-state index >= 15 is 0 Å². The molecule has 7 heteroatoms.